The van der Waals surface area contributed by atoms with Gasteiger partial charge >= 0.3 is 0 Å². The standard InChI is InChI=1S/C17H16BrN3O4/c1-11-6-14(18)7-12(2)17(11)25-10-16(22)20-19-9-13-4-3-5-15(8-13)21(23)24/h3-9H,10H2,1-2H3,(H,20,22)/b19-9-. The Morgan fingerprint density at radius 1 is 1.32 bits per heavy atom. The molecule has 0 saturated carbocycles. The van der Waals surface area contributed by atoms with Gasteiger partial charge in [0.15, 0.2) is 6.61 Å². The Bertz CT molecular complexity index is 813. The summed E-state index contributed by atoms with van der Waals surface area (Å²) in [5, 5.41) is 14.5. The van der Waals surface area contributed by atoms with E-state index in [-0.39, 0.29) is 12.3 Å². The normalized spacial score (nSPS) is 10.7. The van der Waals surface area contributed by atoms with Crippen LogP contribution in [0, 0.1) is 24.0 Å². The predicted molar refractivity (Wildman–Crippen MR) is 97.9 cm³/mol. The lowest BCUT2D eigenvalue weighted by molar-refractivity contribution is -0.384. The molecule has 0 heterocycles. The average Bonchev–Trinajstić information content (AvgIpc) is 2.54. The largest absolute Gasteiger partial charge is 0.483 e. The maximum atomic E-state index is 11.8. The van der Waals surface area contributed by atoms with Gasteiger partial charge in [-0.1, -0.05) is 28.1 Å². The van der Waals surface area contributed by atoms with Crippen molar-refractivity contribution in [2.24, 2.45) is 5.10 Å². The zero-order valence-electron chi connectivity index (χ0n) is 13.7. The van der Waals surface area contributed by atoms with Crippen LogP contribution in [0.3, 0.4) is 0 Å². The second-order valence-electron chi connectivity index (χ2n) is 5.30. The Labute approximate surface area is 153 Å². The molecule has 1 N–H and O–H groups in total. The van der Waals surface area contributed by atoms with Gasteiger partial charge in [0.25, 0.3) is 11.6 Å². The third-order valence-electron chi connectivity index (χ3n) is 3.26. The van der Waals surface area contributed by atoms with Crippen molar-refractivity contribution in [1.29, 1.82) is 0 Å². The molecule has 7 nitrogen and oxygen atoms in total. The van der Waals surface area contributed by atoms with Crippen LogP contribution in [0.15, 0.2) is 46.0 Å². The first-order valence-electron chi connectivity index (χ1n) is 7.32. The van der Waals surface area contributed by atoms with E-state index in [9.17, 15) is 14.9 Å². The number of benzene rings is 2. The zero-order chi connectivity index (χ0) is 18.4. The van der Waals surface area contributed by atoms with E-state index in [0.29, 0.717) is 11.3 Å². The monoisotopic (exact) mass is 405 g/mol. The number of aryl methyl sites for hydroxylation is 2. The van der Waals surface area contributed by atoms with Crippen LogP contribution < -0.4 is 10.2 Å². The third-order valence-corrected chi connectivity index (χ3v) is 3.71. The van der Waals surface area contributed by atoms with Crippen LogP contribution in [0.2, 0.25) is 0 Å². The van der Waals surface area contributed by atoms with Gasteiger partial charge in [0.2, 0.25) is 0 Å². The van der Waals surface area contributed by atoms with Crippen molar-refractivity contribution < 1.29 is 14.5 Å². The lowest BCUT2D eigenvalue weighted by Crippen LogP contribution is -2.25. The molecule has 2 rings (SSSR count). The van der Waals surface area contributed by atoms with Crippen molar-refractivity contribution in [3.05, 3.63) is 67.7 Å². The highest BCUT2D eigenvalue weighted by atomic mass is 79.9. The number of hydrazone groups is 1. The molecule has 0 atom stereocenters. The first-order chi connectivity index (χ1) is 11.9. The summed E-state index contributed by atoms with van der Waals surface area (Å²) in [6, 6.07) is 9.74. The number of hydrogen-bond donors (Lipinski definition) is 1. The molecular formula is C17H16BrN3O4. The first kappa shape index (κ1) is 18.6. The number of hydrogen-bond acceptors (Lipinski definition) is 5. The van der Waals surface area contributed by atoms with E-state index >= 15 is 0 Å². The highest BCUT2D eigenvalue weighted by Crippen LogP contribution is 2.27. The molecule has 0 aliphatic rings. The number of nitro groups is 1. The van der Waals surface area contributed by atoms with Crippen LogP contribution in [0.1, 0.15) is 16.7 Å². The fraction of sp³-hybridized carbons (Fsp3) is 0.176. The number of nitrogens with zero attached hydrogens (tertiary/aromatic N) is 2. The van der Waals surface area contributed by atoms with Crippen molar-refractivity contribution in [2.75, 3.05) is 6.61 Å². The summed E-state index contributed by atoms with van der Waals surface area (Å²) in [7, 11) is 0. The summed E-state index contributed by atoms with van der Waals surface area (Å²) in [4.78, 5) is 22.0. The summed E-state index contributed by atoms with van der Waals surface area (Å²) in [6.07, 6.45) is 1.33. The Morgan fingerprint density at radius 3 is 2.64 bits per heavy atom. The number of rotatable bonds is 6. The lowest BCUT2D eigenvalue weighted by Gasteiger charge is -2.11. The van der Waals surface area contributed by atoms with Crippen molar-refractivity contribution in [2.45, 2.75) is 13.8 Å². The molecular weight excluding hydrogens is 390 g/mol. The number of amides is 1. The Morgan fingerprint density at radius 2 is 2.00 bits per heavy atom. The minimum atomic E-state index is -0.493. The molecule has 130 valence electrons. The minimum absolute atomic E-state index is 0.0419. The molecule has 8 heteroatoms. The SMILES string of the molecule is Cc1cc(Br)cc(C)c1OCC(=O)N/N=C\c1cccc([N+](=O)[O-])c1. The molecule has 0 fully saturated rings. The number of carbonyl (C=O) groups is 1. The average molecular weight is 406 g/mol. The van der Waals surface area contributed by atoms with Gasteiger partial charge in [0.05, 0.1) is 11.1 Å². The van der Waals surface area contributed by atoms with Crippen LogP contribution in [-0.4, -0.2) is 23.7 Å². The highest BCUT2D eigenvalue weighted by molar-refractivity contribution is 9.10. The molecule has 2 aromatic rings. The van der Waals surface area contributed by atoms with E-state index in [1.807, 2.05) is 26.0 Å². The quantitative estimate of drug-likeness (QED) is 0.451. The molecule has 0 aromatic heterocycles. The number of non-ortho nitro benzene ring substituents is 1. The smallest absolute Gasteiger partial charge is 0.277 e. The molecule has 0 bridgehead atoms. The van der Waals surface area contributed by atoms with Crippen LogP contribution in [0.5, 0.6) is 5.75 Å². The third kappa shape index (κ3) is 5.39. The Balaban J connectivity index is 1.91. The second kappa shape index (κ2) is 8.39. The molecule has 1 amide bonds. The summed E-state index contributed by atoms with van der Waals surface area (Å²) in [5.41, 5.74) is 4.63. The number of nitro benzene ring substituents is 1. The van der Waals surface area contributed by atoms with Crippen molar-refractivity contribution in [3.8, 4) is 5.75 Å². The number of ether oxygens (including phenoxy) is 1. The van der Waals surface area contributed by atoms with Crippen molar-refractivity contribution in [3.63, 3.8) is 0 Å². The number of halogens is 1. The Hall–Kier alpha value is -2.74. The number of carbonyl (C=O) groups excluding carboxylic acids is 1. The van der Waals surface area contributed by atoms with Crippen molar-refractivity contribution >= 4 is 33.7 Å². The van der Waals surface area contributed by atoms with Crippen LogP contribution in [0.25, 0.3) is 0 Å². The molecule has 0 saturated heterocycles. The van der Waals surface area contributed by atoms with Crippen LogP contribution >= 0.6 is 15.9 Å². The second-order valence-corrected chi connectivity index (χ2v) is 6.22. The molecule has 0 spiro atoms. The molecule has 0 aliphatic heterocycles. The van der Waals surface area contributed by atoms with Gasteiger partial charge in [-0.25, -0.2) is 5.43 Å². The Kier molecular flexibility index (Phi) is 6.24. The summed E-state index contributed by atoms with van der Waals surface area (Å²) in [6.45, 7) is 3.60. The topological polar surface area (TPSA) is 93.8 Å². The van der Waals surface area contributed by atoms with Gasteiger partial charge < -0.3 is 4.74 Å². The summed E-state index contributed by atoms with van der Waals surface area (Å²) < 4.78 is 6.49. The van der Waals surface area contributed by atoms with Gasteiger partial charge in [0.1, 0.15) is 5.75 Å². The van der Waals surface area contributed by atoms with Crippen molar-refractivity contribution in [1.82, 2.24) is 5.43 Å². The lowest BCUT2D eigenvalue weighted by atomic mass is 10.1. The highest BCUT2D eigenvalue weighted by Gasteiger charge is 2.08. The minimum Gasteiger partial charge on any atom is -0.483 e. The molecule has 0 aliphatic carbocycles. The molecule has 25 heavy (non-hydrogen) atoms. The number of nitrogens with one attached hydrogen (secondary N) is 1. The van der Waals surface area contributed by atoms with Gasteiger partial charge in [-0.15, -0.1) is 0 Å². The maximum absolute atomic E-state index is 11.8. The van der Waals surface area contributed by atoms with Crippen LogP contribution in [-0.2, 0) is 4.79 Å². The summed E-state index contributed by atoms with van der Waals surface area (Å²) >= 11 is 3.40. The van der Waals surface area contributed by atoms with E-state index in [2.05, 4.69) is 26.5 Å². The first-order valence-corrected chi connectivity index (χ1v) is 8.12. The summed E-state index contributed by atoms with van der Waals surface area (Å²) in [5.74, 6) is 0.226. The fourth-order valence-corrected chi connectivity index (χ4v) is 2.88. The van der Waals surface area contributed by atoms with E-state index in [0.717, 1.165) is 15.6 Å². The maximum Gasteiger partial charge on any atom is 0.277 e. The van der Waals surface area contributed by atoms with E-state index in [1.54, 1.807) is 12.1 Å². The fourth-order valence-electron chi connectivity index (χ4n) is 2.19. The van der Waals surface area contributed by atoms with Gasteiger partial charge in [-0.3, -0.25) is 14.9 Å². The molecule has 2 aromatic carbocycles. The van der Waals surface area contributed by atoms with E-state index < -0.39 is 10.8 Å². The van der Waals surface area contributed by atoms with E-state index in [1.165, 1.54) is 18.3 Å². The predicted octanol–water partition coefficient (Wildman–Crippen LogP) is 3.50. The molecule has 0 unspecified atom stereocenters. The van der Waals surface area contributed by atoms with Crippen LogP contribution in [0.4, 0.5) is 5.69 Å². The van der Waals surface area contributed by atoms with E-state index in [4.69, 9.17) is 4.74 Å². The zero-order valence-corrected chi connectivity index (χ0v) is 15.2. The van der Waals surface area contributed by atoms with Gasteiger partial charge in [-0.2, -0.15) is 5.10 Å². The molecule has 0 radical (unpaired) electrons. The van der Waals surface area contributed by atoms with Gasteiger partial charge in [0, 0.05) is 22.2 Å². The van der Waals surface area contributed by atoms with Gasteiger partial charge in [-0.05, 0) is 37.1 Å².